The summed E-state index contributed by atoms with van der Waals surface area (Å²) in [6, 6.07) is 0. The van der Waals surface area contributed by atoms with Crippen LogP contribution in [0.4, 0.5) is 11.9 Å². The summed E-state index contributed by atoms with van der Waals surface area (Å²) >= 11 is 5.92. The molecule has 94 valence electrons. The number of anilines is 2. The van der Waals surface area contributed by atoms with E-state index in [1.165, 1.54) is 25.7 Å². The van der Waals surface area contributed by atoms with Gasteiger partial charge in [0.2, 0.25) is 17.2 Å². The van der Waals surface area contributed by atoms with E-state index >= 15 is 0 Å². The lowest BCUT2D eigenvalue weighted by atomic mass is 10.2. The van der Waals surface area contributed by atoms with Gasteiger partial charge in [-0.2, -0.15) is 15.0 Å². The lowest BCUT2D eigenvalue weighted by Gasteiger charge is -2.20. The van der Waals surface area contributed by atoms with E-state index in [0.717, 1.165) is 19.6 Å². The first kappa shape index (κ1) is 12.4. The summed E-state index contributed by atoms with van der Waals surface area (Å²) in [6.07, 6.45) is 4.96. The van der Waals surface area contributed by atoms with Gasteiger partial charge in [0.05, 0.1) is 0 Å². The molecule has 0 aliphatic carbocycles. The number of hydrogen-bond acceptors (Lipinski definition) is 5. The summed E-state index contributed by atoms with van der Waals surface area (Å²) in [5.74, 6) is 1.26. The summed E-state index contributed by atoms with van der Waals surface area (Å²) in [7, 11) is 0. The van der Waals surface area contributed by atoms with Crippen molar-refractivity contribution in [1.29, 1.82) is 0 Å². The molecule has 6 heteroatoms. The van der Waals surface area contributed by atoms with E-state index in [-0.39, 0.29) is 5.28 Å². The fourth-order valence-corrected chi connectivity index (χ4v) is 2.14. The summed E-state index contributed by atoms with van der Waals surface area (Å²) in [6.45, 7) is 4.79. The molecule has 1 aliphatic rings. The molecular formula is C11H18ClN5. The molecular weight excluding hydrogens is 238 g/mol. The van der Waals surface area contributed by atoms with E-state index in [2.05, 4.69) is 25.2 Å². The predicted octanol–water partition coefficient (Wildman–Crippen LogP) is 2.34. The molecule has 0 bridgehead atoms. The van der Waals surface area contributed by atoms with Gasteiger partial charge >= 0.3 is 0 Å². The van der Waals surface area contributed by atoms with Crippen molar-refractivity contribution in [2.45, 2.75) is 32.6 Å². The van der Waals surface area contributed by atoms with Crippen molar-refractivity contribution >= 4 is 23.5 Å². The summed E-state index contributed by atoms with van der Waals surface area (Å²) < 4.78 is 0. The van der Waals surface area contributed by atoms with Crippen molar-refractivity contribution in [1.82, 2.24) is 15.0 Å². The maximum absolute atomic E-state index is 5.92. The standard InChI is InChI=1S/C11H18ClN5/c1-2-13-10-14-9(12)15-11(16-10)17-7-5-3-4-6-8-17/h2-8H2,1H3,(H,13,14,15,16). The lowest BCUT2D eigenvalue weighted by Crippen LogP contribution is -2.26. The SMILES string of the molecule is CCNc1nc(Cl)nc(N2CCCCCC2)n1. The molecule has 2 rings (SSSR count). The topological polar surface area (TPSA) is 53.9 Å². The van der Waals surface area contributed by atoms with Crippen LogP contribution in [0.2, 0.25) is 5.28 Å². The minimum atomic E-state index is 0.259. The van der Waals surface area contributed by atoms with Crippen LogP contribution < -0.4 is 10.2 Å². The molecule has 0 amide bonds. The van der Waals surface area contributed by atoms with E-state index in [0.29, 0.717) is 11.9 Å². The maximum atomic E-state index is 5.92. The zero-order valence-corrected chi connectivity index (χ0v) is 10.9. The van der Waals surface area contributed by atoms with Crippen LogP contribution >= 0.6 is 11.6 Å². The first-order valence-corrected chi connectivity index (χ1v) is 6.58. The van der Waals surface area contributed by atoms with E-state index in [4.69, 9.17) is 11.6 Å². The number of nitrogens with zero attached hydrogens (tertiary/aromatic N) is 4. The van der Waals surface area contributed by atoms with Crippen LogP contribution in [0.3, 0.4) is 0 Å². The molecule has 0 aromatic carbocycles. The minimum absolute atomic E-state index is 0.259. The van der Waals surface area contributed by atoms with Crippen molar-refractivity contribution < 1.29 is 0 Å². The summed E-state index contributed by atoms with van der Waals surface area (Å²) in [5, 5.41) is 3.33. The zero-order chi connectivity index (χ0) is 12.1. The van der Waals surface area contributed by atoms with Crippen LogP contribution in [0.15, 0.2) is 0 Å². The first-order valence-electron chi connectivity index (χ1n) is 6.20. The number of aromatic nitrogens is 3. The highest BCUT2D eigenvalue weighted by Crippen LogP contribution is 2.18. The van der Waals surface area contributed by atoms with Gasteiger partial charge in [0.1, 0.15) is 0 Å². The second-order valence-corrected chi connectivity index (χ2v) is 4.50. The fraction of sp³-hybridized carbons (Fsp3) is 0.727. The molecule has 1 aliphatic heterocycles. The number of nitrogens with one attached hydrogen (secondary N) is 1. The molecule has 5 nitrogen and oxygen atoms in total. The Labute approximate surface area is 107 Å². The van der Waals surface area contributed by atoms with Crippen LogP contribution in [0, 0.1) is 0 Å². The minimum Gasteiger partial charge on any atom is -0.354 e. The van der Waals surface area contributed by atoms with Gasteiger partial charge in [-0.05, 0) is 31.4 Å². The van der Waals surface area contributed by atoms with Gasteiger partial charge in [-0.3, -0.25) is 0 Å². The Morgan fingerprint density at radius 1 is 1.12 bits per heavy atom. The molecule has 1 fully saturated rings. The van der Waals surface area contributed by atoms with E-state index in [1.54, 1.807) is 0 Å². The second kappa shape index (κ2) is 6.00. The third kappa shape index (κ3) is 3.43. The molecule has 1 aromatic rings. The Morgan fingerprint density at radius 2 is 1.82 bits per heavy atom. The molecule has 1 aromatic heterocycles. The quantitative estimate of drug-likeness (QED) is 0.899. The average molecular weight is 256 g/mol. The Balaban J connectivity index is 2.17. The smallest absolute Gasteiger partial charge is 0.231 e. The van der Waals surface area contributed by atoms with Gasteiger partial charge in [0.15, 0.2) is 0 Å². The van der Waals surface area contributed by atoms with Crippen LogP contribution in [-0.4, -0.2) is 34.6 Å². The predicted molar refractivity (Wildman–Crippen MR) is 69.7 cm³/mol. The normalized spacial score (nSPS) is 16.7. The van der Waals surface area contributed by atoms with Crippen molar-refractivity contribution in [3.8, 4) is 0 Å². The molecule has 0 radical (unpaired) electrons. The van der Waals surface area contributed by atoms with E-state index in [9.17, 15) is 0 Å². The third-order valence-corrected chi connectivity index (χ3v) is 2.99. The van der Waals surface area contributed by atoms with Crippen molar-refractivity contribution in [3.63, 3.8) is 0 Å². The number of halogens is 1. The van der Waals surface area contributed by atoms with Crippen LogP contribution in [0.1, 0.15) is 32.6 Å². The molecule has 17 heavy (non-hydrogen) atoms. The van der Waals surface area contributed by atoms with Crippen LogP contribution in [0.25, 0.3) is 0 Å². The Morgan fingerprint density at radius 3 is 2.47 bits per heavy atom. The summed E-state index contributed by atoms with van der Waals surface area (Å²) in [5.41, 5.74) is 0. The molecule has 0 atom stereocenters. The average Bonchev–Trinajstić information content (AvgIpc) is 2.57. The van der Waals surface area contributed by atoms with Gasteiger partial charge in [-0.25, -0.2) is 0 Å². The highest BCUT2D eigenvalue weighted by atomic mass is 35.5. The van der Waals surface area contributed by atoms with Crippen molar-refractivity contribution in [2.75, 3.05) is 29.9 Å². The van der Waals surface area contributed by atoms with E-state index in [1.807, 2.05) is 6.92 Å². The molecule has 1 N–H and O–H groups in total. The maximum Gasteiger partial charge on any atom is 0.231 e. The van der Waals surface area contributed by atoms with Gasteiger partial charge in [-0.15, -0.1) is 0 Å². The molecule has 0 saturated carbocycles. The van der Waals surface area contributed by atoms with Crippen molar-refractivity contribution in [3.05, 3.63) is 5.28 Å². The van der Waals surface area contributed by atoms with Gasteiger partial charge in [-0.1, -0.05) is 12.8 Å². The lowest BCUT2D eigenvalue weighted by molar-refractivity contribution is 0.726. The first-order chi connectivity index (χ1) is 8.29. The van der Waals surface area contributed by atoms with Gasteiger partial charge in [0, 0.05) is 19.6 Å². The van der Waals surface area contributed by atoms with Crippen LogP contribution in [0.5, 0.6) is 0 Å². The Kier molecular flexibility index (Phi) is 4.36. The van der Waals surface area contributed by atoms with E-state index < -0.39 is 0 Å². The largest absolute Gasteiger partial charge is 0.354 e. The monoisotopic (exact) mass is 255 g/mol. The zero-order valence-electron chi connectivity index (χ0n) is 10.1. The molecule has 1 saturated heterocycles. The number of rotatable bonds is 3. The van der Waals surface area contributed by atoms with Crippen molar-refractivity contribution in [2.24, 2.45) is 0 Å². The van der Waals surface area contributed by atoms with Crippen LogP contribution in [-0.2, 0) is 0 Å². The number of hydrogen-bond donors (Lipinski definition) is 1. The molecule has 2 heterocycles. The van der Waals surface area contributed by atoms with Gasteiger partial charge < -0.3 is 10.2 Å². The second-order valence-electron chi connectivity index (χ2n) is 4.16. The highest BCUT2D eigenvalue weighted by Gasteiger charge is 2.14. The Hall–Kier alpha value is -1.10. The molecule has 0 unspecified atom stereocenters. The molecule has 0 spiro atoms. The Bertz CT molecular complexity index is 363. The van der Waals surface area contributed by atoms with Gasteiger partial charge in [0.25, 0.3) is 0 Å². The highest BCUT2D eigenvalue weighted by molar-refractivity contribution is 6.28. The third-order valence-electron chi connectivity index (χ3n) is 2.82. The fourth-order valence-electron chi connectivity index (χ4n) is 1.99. The summed E-state index contributed by atoms with van der Waals surface area (Å²) in [4.78, 5) is 14.9.